The number of furan rings is 4. The van der Waals surface area contributed by atoms with Gasteiger partial charge in [0.25, 0.3) is 17.7 Å². The summed E-state index contributed by atoms with van der Waals surface area (Å²) >= 11 is 0. The van der Waals surface area contributed by atoms with Gasteiger partial charge in [-0.05, 0) is 112 Å². The number of aromatic nitrogens is 12. The molecule has 0 saturated heterocycles. The Morgan fingerprint density at radius 3 is 1.05 bits per heavy atom. The number of nitrogens with two attached hydrogens (primary N) is 3. The van der Waals surface area contributed by atoms with Gasteiger partial charge in [-0.3, -0.25) is 38.4 Å². The van der Waals surface area contributed by atoms with Gasteiger partial charge in [0.2, 0.25) is 6.29 Å². The molecule has 0 aliphatic carbocycles. The summed E-state index contributed by atoms with van der Waals surface area (Å²) in [6.07, 6.45) is 5.42. The minimum Gasteiger partial charge on any atom is -0.870 e. The number of anilines is 4. The third-order valence-corrected chi connectivity index (χ3v) is 19.1. The van der Waals surface area contributed by atoms with Crippen LogP contribution in [0.25, 0.3) is 67.6 Å². The number of carbonyl (C=O) groups is 10. The molecule has 0 bridgehead atoms. The number of ether oxygens (including phenoxy) is 4. The van der Waals surface area contributed by atoms with Gasteiger partial charge in [-0.1, -0.05) is 55.5 Å². The van der Waals surface area contributed by atoms with Gasteiger partial charge in [0.15, 0.2) is 46.1 Å². The van der Waals surface area contributed by atoms with Gasteiger partial charge in [0, 0.05) is 79.3 Å². The van der Waals surface area contributed by atoms with Gasteiger partial charge in [0.1, 0.15) is 77.6 Å². The predicted molar refractivity (Wildman–Crippen MR) is 474 cm³/mol. The van der Waals surface area contributed by atoms with Crippen molar-refractivity contribution in [2.45, 2.75) is 91.2 Å². The molecule has 0 aliphatic heterocycles. The summed E-state index contributed by atoms with van der Waals surface area (Å²) < 4.78 is 136. The molecule has 0 radical (unpaired) electrons. The normalized spacial score (nSPS) is 10.8. The number of aliphatic carboxylic acids is 1. The van der Waals surface area contributed by atoms with E-state index in [4.69, 9.17) is 49.5 Å². The Morgan fingerprint density at radius 2 is 0.741 bits per heavy atom. The van der Waals surface area contributed by atoms with Crippen LogP contribution in [0.1, 0.15) is 115 Å². The van der Waals surface area contributed by atoms with E-state index >= 15 is 0 Å². The maximum Gasteiger partial charge on any atom is 1.00 e. The largest absolute Gasteiger partial charge is 1.00 e. The second-order valence-corrected chi connectivity index (χ2v) is 29.4. The van der Waals surface area contributed by atoms with E-state index in [0.29, 0.717) is 68.0 Å². The van der Waals surface area contributed by atoms with E-state index in [1.807, 2.05) is 6.92 Å². The number of aromatic carboxylic acids is 1. The first-order valence-electron chi connectivity index (χ1n) is 40.5. The molecule has 16 aromatic rings. The number of halogens is 7. The maximum absolute atomic E-state index is 15.0. The van der Waals surface area contributed by atoms with E-state index in [1.54, 1.807) is 149 Å². The van der Waals surface area contributed by atoms with Crippen molar-refractivity contribution >= 4 is 105 Å². The number of carboxylic acid groups (broad SMARTS) is 2. The third kappa shape index (κ3) is 27.0. The molecule has 0 fully saturated rings. The van der Waals surface area contributed by atoms with Crippen molar-refractivity contribution in [3.63, 3.8) is 0 Å². The molecule has 0 aliphatic rings. The summed E-state index contributed by atoms with van der Waals surface area (Å²) in [6, 6.07) is 38.3. The number of carbonyl (C=O) groups excluding carboxylic acids is 8. The van der Waals surface area contributed by atoms with Gasteiger partial charge in [0.05, 0.1) is 113 Å². The fourth-order valence-electron chi connectivity index (χ4n) is 12.6. The number of esters is 3. The maximum atomic E-state index is 15.0. The molecule has 0 spiro atoms. The molecular weight excluding hydrogens is 1840 g/mol. The van der Waals surface area contributed by atoms with Crippen molar-refractivity contribution in [3.05, 3.63) is 287 Å². The fourth-order valence-corrected chi connectivity index (χ4v) is 12.6. The van der Waals surface area contributed by atoms with Crippen molar-refractivity contribution in [3.8, 4) is 45.6 Å². The number of hydrogen-bond donors (Lipinski definition) is 9. The van der Waals surface area contributed by atoms with Crippen LogP contribution < -0.4 is 57.3 Å². The molecule has 0 atom stereocenters. The minimum atomic E-state index is -4.64. The van der Waals surface area contributed by atoms with E-state index in [9.17, 15) is 79.0 Å². The van der Waals surface area contributed by atoms with E-state index in [0.717, 1.165) is 0 Å². The second-order valence-electron chi connectivity index (χ2n) is 29.4. The summed E-state index contributed by atoms with van der Waals surface area (Å²) in [6.45, 7) is 6.95. The number of fused-ring (bicyclic) bond motifs is 4. The van der Waals surface area contributed by atoms with Crippen LogP contribution in [0.3, 0.4) is 0 Å². The van der Waals surface area contributed by atoms with E-state index in [-0.39, 0.29) is 166 Å². The Bertz CT molecular complexity index is 6940. The number of hydrogen-bond acceptors (Lipinski definition) is 30. The third-order valence-electron chi connectivity index (χ3n) is 19.1. The number of carboxylic acids is 2. The predicted octanol–water partition coefficient (Wildman–Crippen LogP) is 10.1. The first-order valence-corrected chi connectivity index (χ1v) is 40.5. The molecule has 4 amide bonds. The Labute approximate surface area is 792 Å². The van der Waals surface area contributed by atoms with E-state index in [1.165, 1.54) is 107 Å². The molecule has 48 heteroatoms. The first kappa shape index (κ1) is 106. The Hall–Kier alpha value is -17.0. The molecule has 13 N–H and O–H groups in total. The van der Waals surface area contributed by atoms with Crippen LogP contribution in [0.2, 0.25) is 0 Å². The number of benzene rings is 4. The number of alkyl halides is 3. The van der Waals surface area contributed by atoms with Crippen molar-refractivity contribution in [2.75, 3.05) is 43.0 Å². The summed E-state index contributed by atoms with van der Waals surface area (Å²) in [4.78, 5) is 133. The molecule has 40 nitrogen and oxygen atoms in total. The fraction of sp³-hybridized carbons (Fsp3) is 0.187. The molecule has 0 saturated carbocycles. The summed E-state index contributed by atoms with van der Waals surface area (Å²) in [7, 11) is 3.84. The zero-order valence-corrected chi connectivity index (χ0v) is 74.6. The van der Waals surface area contributed by atoms with Crippen LogP contribution in [-0.4, -0.2) is 167 Å². The molecule has 139 heavy (non-hydrogen) atoms. The average Bonchev–Trinajstić information content (AvgIpc) is 1.77. The Balaban J connectivity index is 0.000000195. The minimum absolute atomic E-state index is 0. The van der Waals surface area contributed by atoms with Crippen LogP contribution in [0.5, 0.6) is 0 Å². The molecule has 16 rings (SSSR count). The zero-order chi connectivity index (χ0) is 99.1. The van der Waals surface area contributed by atoms with Gasteiger partial charge in [-0.15, -0.1) is 20.4 Å². The van der Waals surface area contributed by atoms with Crippen molar-refractivity contribution < 1.29 is 150 Å². The number of rotatable bonds is 24. The molecule has 4 aromatic carbocycles. The molecule has 0 unspecified atom stereocenters. The quantitative estimate of drug-likeness (QED) is 0.00892. The van der Waals surface area contributed by atoms with Crippen LogP contribution >= 0.6 is 0 Å². The second kappa shape index (κ2) is 47.7. The number of aldehydes is 1. The summed E-state index contributed by atoms with van der Waals surface area (Å²) in [5, 5.41) is 45.9. The number of aryl methyl sites for hydroxylation is 1. The van der Waals surface area contributed by atoms with Crippen LogP contribution in [0.4, 0.5) is 58.3 Å². The van der Waals surface area contributed by atoms with Crippen LogP contribution in [0.15, 0.2) is 213 Å². The zero-order valence-electron chi connectivity index (χ0n) is 74.6. The van der Waals surface area contributed by atoms with E-state index in [2.05, 4.69) is 75.8 Å². The van der Waals surface area contributed by atoms with Crippen molar-refractivity contribution in [2.24, 2.45) is 11.5 Å². The van der Waals surface area contributed by atoms with Gasteiger partial charge >= 0.3 is 61.0 Å². The summed E-state index contributed by atoms with van der Waals surface area (Å²) in [5.41, 5.74) is 20.5. The molecule has 12 heterocycles. The average molecular weight is 1920 g/mol. The standard InChI is InChI=1S/C22H19FN4O4.C21H18FN5O4.C20H16FN5O4.C19H19FN4O4.C7H9NO3.C2HF3O.Li.H2O/c1-3-13-6-4-7-14(19(13)23)21-25-20(16-8-5-10-27(16)26-21)22(29)24-15-9-11-31-17(15)12-18(28)30-2;1-30-17(28)10-16-14(7-9-31-16)24-21(29)19-15-6-3-8-27(15)26-20(25-19)13-5-2-4-12(11-23)18(13)22;21-17-11(10-22)3-1-4-12(17)19-24-18(14-5-2-7-26(14)25-19)20(29)23-13-6-8-30-15(13)9-16(27)28;1-19(2,3)28-18(27)21-10-11-6-4-7-12(14(11)20)16-22-15(17(25)26)13-8-5-9-24(13)23-16;1-10-7(9)4-6-5(8)2-3-11-6;3-2(4,5)1-6;;/h4-11H,3,12H2,1-2H3,(H,24,29);2-9H,10-11,23H2,1H3,(H,24,29);1-8H,9-10,22H2,(H,23,29)(H,27,28);4-9H,10H2,1-3H3,(H,21,27)(H,25,26);2-3H,4,8H2,1H3;1H;;1H2/q;;;;;;+1;/p-1. The SMILES string of the molecule is CC(C)(C)OC(=O)NCc1cccc(-c2nc(C(=O)O)c3cccn3n2)c1F.CCc1cccc(-c2nc(C(=O)Nc3ccoc3CC(=O)OC)c3cccn3n2)c1F.COC(=O)Cc1occc1N.COC(=O)Cc1occc1NC(=O)c1nc(-c2cccc(CN)c2F)nn2cccc12.NCc1cccc(-c2nc(C(=O)Nc3ccoc3CC(=O)O)c3cccn3n2)c1F.O=CC(F)(F)F.[Li+].[OH-]. The van der Waals surface area contributed by atoms with Crippen molar-refractivity contribution in [1.82, 2.24) is 63.7 Å². The molecule has 12 aromatic heterocycles. The van der Waals surface area contributed by atoms with Gasteiger partial charge in [-0.25, -0.2) is 65.1 Å². The monoisotopic (exact) mass is 1920 g/mol. The smallest absolute Gasteiger partial charge is 0.870 e. The molecular formula is C91H83F7LiN19O21. The Morgan fingerprint density at radius 1 is 0.439 bits per heavy atom. The van der Waals surface area contributed by atoms with Gasteiger partial charge < -0.3 is 90.8 Å². The first-order chi connectivity index (χ1) is 65.4. The van der Waals surface area contributed by atoms with Crippen LogP contribution in [0, 0.1) is 23.3 Å². The Kier molecular flexibility index (Phi) is 36.3. The summed E-state index contributed by atoms with van der Waals surface area (Å²) in [5.74, 6) is -6.54. The topological polar surface area (TPSA) is 578 Å². The number of nitrogens with one attached hydrogen (secondary N) is 4. The van der Waals surface area contributed by atoms with E-state index < -0.39 is 95.4 Å². The molecule has 718 valence electrons. The number of nitrogen functional groups attached to an aromatic ring is 1. The van der Waals surface area contributed by atoms with Gasteiger partial charge in [-0.2, -0.15) is 13.2 Å². The number of amides is 4. The number of methoxy groups -OCH3 is 3. The number of alkyl carbamates (subject to hydrolysis) is 1. The van der Waals surface area contributed by atoms with Crippen LogP contribution in [-0.2, 0) is 94.7 Å². The number of nitrogens with zero attached hydrogens (tertiary/aromatic N) is 12. The van der Waals surface area contributed by atoms with Crippen molar-refractivity contribution in [1.29, 1.82) is 0 Å².